The fourth-order valence-electron chi connectivity index (χ4n) is 7.81. The molecule has 0 amide bonds. The van der Waals surface area contributed by atoms with Crippen LogP contribution >= 0.6 is 0 Å². The minimum Gasteiger partial charge on any atom is -0.456 e. The molecule has 0 unspecified atom stereocenters. The summed E-state index contributed by atoms with van der Waals surface area (Å²) in [4.78, 5) is 20.8. The summed E-state index contributed by atoms with van der Waals surface area (Å²) in [5.74, 6) is -0.662. The molecule has 0 radical (unpaired) electrons. The zero-order valence-electron chi connectivity index (χ0n) is 30.3. The molecule has 8 nitrogen and oxygen atoms in total. The maximum Gasteiger partial charge on any atom is 0.420 e. The molecule has 0 aromatic heterocycles. The zero-order valence-corrected chi connectivity index (χ0v) is 30.3. The Balaban J connectivity index is 1.41. The molecule has 0 N–H and O–H groups in total. The first-order valence-corrected chi connectivity index (χ1v) is 18.3. The van der Waals surface area contributed by atoms with Gasteiger partial charge in [-0.05, 0) is 84.0 Å². The fourth-order valence-corrected chi connectivity index (χ4v) is 7.81. The Morgan fingerprint density at radius 2 is 0.873 bits per heavy atom. The van der Waals surface area contributed by atoms with Crippen LogP contribution in [0.15, 0.2) is 72.8 Å². The molecule has 2 fully saturated rings. The Morgan fingerprint density at radius 1 is 0.527 bits per heavy atom. The van der Waals surface area contributed by atoms with Gasteiger partial charge in [0.25, 0.3) is 11.4 Å². The molecule has 55 heavy (non-hydrogen) atoms. The summed E-state index contributed by atoms with van der Waals surface area (Å²) in [6.07, 6.45) is -0.844. The van der Waals surface area contributed by atoms with Gasteiger partial charge in [0.05, 0.1) is 9.85 Å². The number of alkyl halides is 6. The Labute approximate surface area is 313 Å². The van der Waals surface area contributed by atoms with Crippen molar-refractivity contribution in [2.24, 2.45) is 0 Å². The van der Waals surface area contributed by atoms with E-state index in [0.29, 0.717) is 12.1 Å². The van der Waals surface area contributed by atoms with E-state index in [0.717, 1.165) is 111 Å². The first-order valence-electron chi connectivity index (χ1n) is 18.3. The molecule has 0 atom stereocenters. The molecule has 2 aliphatic carbocycles. The number of halogens is 6. The van der Waals surface area contributed by atoms with E-state index in [-0.39, 0.29) is 23.3 Å². The zero-order chi connectivity index (χ0) is 39.7. The molecule has 0 heterocycles. The van der Waals surface area contributed by atoms with Crippen LogP contribution in [0.25, 0.3) is 0 Å². The van der Waals surface area contributed by atoms with Crippen molar-refractivity contribution in [3.63, 3.8) is 0 Å². The molecule has 0 aliphatic heterocycles. The van der Waals surface area contributed by atoms with Gasteiger partial charge >= 0.3 is 12.4 Å². The maximum atomic E-state index is 14.1. The number of nitro groups is 2. The highest BCUT2D eigenvalue weighted by molar-refractivity contribution is 5.54. The molecule has 0 saturated heterocycles. The lowest BCUT2D eigenvalue weighted by atomic mass is 9.74. The molecule has 4 aromatic rings. The molecule has 2 saturated carbocycles. The molecule has 292 valence electrons. The van der Waals surface area contributed by atoms with Gasteiger partial charge in [0.1, 0.15) is 34.1 Å². The standard InChI is InChI=1S/C41H40F6N2O6/c1-39(2,27-13-17-35(31(21-27)25-9-5-3-6-10-25)54-37-19-15-29(48(50)51)23-33(37)40(42,43)44)28-14-18-36(32(22-28)26-11-7-4-8-12-26)55-38-20-16-30(49(52)53)24-34(38)41(45,46)47/h13-26H,3-12H2,1-2H3. The highest BCUT2D eigenvalue weighted by Crippen LogP contribution is 2.48. The Kier molecular flexibility index (Phi) is 11.2. The topological polar surface area (TPSA) is 105 Å². The van der Waals surface area contributed by atoms with Crippen molar-refractivity contribution in [3.05, 3.63) is 126 Å². The van der Waals surface area contributed by atoms with Crippen LogP contribution in [0, 0.1) is 20.2 Å². The lowest BCUT2D eigenvalue weighted by Gasteiger charge is -2.32. The van der Waals surface area contributed by atoms with E-state index in [9.17, 15) is 46.6 Å². The first-order chi connectivity index (χ1) is 25.9. The predicted octanol–water partition coefficient (Wildman–Crippen LogP) is 13.5. The number of nitro benzene ring substituents is 2. The van der Waals surface area contributed by atoms with Crippen LogP contribution in [0.1, 0.15) is 123 Å². The van der Waals surface area contributed by atoms with E-state index >= 15 is 0 Å². The second-order valence-electron chi connectivity index (χ2n) is 14.9. The summed E-state index contributed by atoms with van der Waals surface area (Å²) >= 11 is 0. The average Bonchev–Trinajstić information content (AvgIpc) is 3.15. The van der Waals surface area contributed by atoms with Crippen LogP contribution in [-0.2, 0) is 17.8 Å². The van der Waals surface area contributed by atoms with Gasteiger partial charge in [-0.25, -0.2) is 0 Å². The highest BCUT2D eigenvalue weighted by Gasteiger charge is 2.38. The van der Waals surface area contributed by atoms with E-state index in [2.05, 4.69) is 0 Å². The maximum absolute atomic E-state index is 14.1. The quantitative estimate of drug-likeness (QED) is 0.0903. The summed E-state index contributed by atoms with van der Waals surface area (Å²) < 4.78 is 96.6. The van der Waals surface area contributed by atoms with Gasteiger partial charge in [0.2, 0.25) is 0 Å². The first kappa shape index (κ1) is 39.6. The second kappa shape index (κ2) is 15.5. The molecular weight excluding hydrogens is 730 g/mol. The molecule has 0 spiro atoms. The fraction of sp³-hybridized carbons (Fsp3) is 0.415. The minimum atomic E-state index is -4.91. The molecule has 2 aliphatic rings. The van der Waals surface area contributed by atoms with Crippen molar-refractivity contribution in [2.75, 3.05) is 0 Å². The summed E-state index contributed by atoms with van der Waals surface area (Å²) in [5, 5.41) is 22.6. The SMILES string of the molecule is CC(C)(c1ccc(Oc2ccc([N+](=O)[O-])cc2C(F)(F)F)c(C2CCCCC2)c1)c1ccc(Oc2ccc([N+](=O)[O-])cc2C(F)(F)F)c(C2CCCCC2)c1. The van der Waals surface area contributed by atoms with E-state index in [1.54, 1.807) is 24.3 Å². The molecule has 6 rings (SSSR count). The van der Waals surface area contributed by atoms with Crippen LogP contribution in [0.4, 0.5) is 37.7 Å². The Hall–Kier alpha value is -5.14. The highest BCUT2D eigenvalue weighted by atomic mass is 19.4. The molecular formula is C41H40F6N2O6. The number of rotatable bonds is 10. The van der Waals surface area contributed by atoms with E-state index in [1.807, 2.05) is 26.0 Å². The summed E-state index contributed by atoms with van der Waals surface area (Å²) in [7, 11) is 0. The van der Waals surface area contributed by atoms with Crippen molar-refractivity contribution >= 4 is 11.4 Å². The van der Waals surface area contributed by atoms with Crippen LogP contribution < -0.4 is 9.47 Å². The van der Waals surface area contributed by atoms with Gasteiger partial charge in [-0.15, -0.1) is 0 Å². The van der Waals surface area contributed by atoms with Crippen LogP contribution in [0.3, 0.4) is 0 Å². The van der Waals surface area contributed by atoms with Crippen molar-refractivity contribution < 1.29 is 45.7 Å². The molecule has 0 bridgehead atoms. The van der Waals surface area contributed by atoms with E-state index in [4.69, 9.17) is 9.47 Å². The smallest absolute Gasteiger partial charge is 0.420 e. The van der Waals surface area contributed by atoms with Crippen molar-refractivity contribution in [2.45, 2.75) is 108 Å². The summed E-state index contributed by atoms with van der Waals surface area (Å²) in [5.41, 5.74) is -1.52. The number of nitrogens with zero attached hydrogens (tertiary/aromatic N) is 2. The van der Waals surface area contributed by atoms with Crippen molar-refractivity contribution in [3.8, 4) is 23.0 Å². The normalized spacial score (nSPS) is 16.1. The number of hydrogen-bond acceptors (Lipinski definition) is 6. The number of hydrogen-bond donors (Lipinski definition) is 0. The lowest BCUT2D eigenvalue weighted by molar-refractivity contribution is -0.385. The third-order valence-electron chi connectivity index (χ3n) is 11.0. The second-order valence-corrected chi connectivity index (χ2v) is 14.9. The third kappa shape index (κ3) is 8.73. The van der Waals surface area contributed by atoms with Crippen LogP contribution in [-0.4, -0.2) is 9.85 Å². The molecule has 14 heteroatoms. The monoisotopic (exact) mass is 770 g/mol. The Morgan fingerprint density at radius 3 is 1.20 bits per heavy atom. The summed E-state index contributed by atoms with van der Waals surface area (Å²) in [6, 6.07) is 15.5. The number of non-ortho nitro benzene ring substituents is 2. The van der Waals surface area contributed by atoms with Crippen LogP contribution in [0.5, 0.6) is 23.0 Å². The average molecular weight is 771 g/mol. The number of benzene rings is 4. The van der Waals surface area contributed by atoms with Gasteiger partial charge in [0, 0.05) is 29.7 Å². The van der Waals surface area contributed by atoms with Gasteiger partial charge in [-0.1, -0.05) is 76.6 Å². The van der Waals surface area contributed by atoms with Gasteiger partial charge in [-0.2, -0.15) is 26.3 Å². The van der Waals surface area contributed by atoms with Gasteiger partial charge in [-0.3, -0.25) is 20.2 Å². The minimum absolute atomic E-state index is 0.00927. The van der Waals surface area contributed by atoms with Gasteiger partial charge in [0.15, 0.2) is 0 Å². The predicted molar refractivity (Wildman–Crippen MR) is 193 cm³/mol. The largest absolute Gasteiger partial charge is 0.456 e. The van der Waals surface area contributed by atoms with E-state index in [1.165, 1.54) is 0 Å². The number of ether oxygens (including phenoxy) is 2. The summed E-state index contributed by atoms with van der Waals surface area (Å²) in [6.45, 7) is 3.98. The van der Waals surface area contributed by atoms with Crippen LogP contribution in [0.2, 0.25) is 0 Å². The third-order valence-corrected chi connectivity index (χ3v) is 11.0. The van der Waals surface area contributed by atoms with Crippen molar-refractivity contribution in [1.29, 1.82) is 0 Å². The Bertz CT molecular complexity index is 1920. The molecule has 4 aromatic carbocycles. The van der Waals surface area contributed by atoms with E-state index < -0.39 is 61.6 Å². The van der Waals surface area contributed by atoms with Gasteiger partial charge < -0.3 is 9.47 Å². The lowest BCUT2D eigenvalue weighted by Crippen LogP contribution is -2.21. The van der Waals surface area contributed by atoms with Crippen molar-refractivity contribution in [1.82, 2.24) is 0 Å².